The Balaban J connectivity index is 1.64. The summed E-state index contributed by atoms with van der Waals surface area (Å²) in [6, 6.07) is 8.57. The molecule has 1 fully saturated rings. The van der Waals surface area contributed by atoms with Gasteiger partial charge in [0.05, 0.1) is 17.8 Å². The van der Waals surface area contributed by atoms with E-state index >= 15 is 0 Å². The number of carboxylic acid groups (broad SMARTS) is 1. The van der Waals surface area contributed by atoms with E-state index < -0.39 is 29.9 Å². The molecule has 2 aromatic rings. The van der Waals surface area contributed by atoms with Gasteiger partial charge in [-0.25, -0.2) is 0 Å². The number of hydrogen-bond donors (Lipinski definition) is 3. The van der Waals surface area contributed by atoms with Gasteiger partial charge in [-0.2, -0.15) is 13.2 Å². The summed E-state index contributed by atoms with van der Waals surface area (Å²) in [5.41, 5.74) is -0.349. The fourth-order valence-electron chi connectivity index (χ4n) is 5.49. The quantitative estimate of drug-likeness (QED) is 0.252. The third-order valence-corrected chi connectivity index (χ3v) is 7.33. The highest BCUT2D eigenvalue weighted by Crippen LogP contribution is 2.43. The lowest BCUT2D eigenvalue weighted by Crippen LogP contribution is -2.21. The number of fused-ring (bicyclic) bond motifs is 1. The van der Waals surface area contributed by atoms with Gasteiger partial charge >= 0.3 is 12.1 Å². The van der Waals surface area contributed by atoms with Gasteiger partial charge in [0.1, 0.15) is 6.29 Å². The van der Waals surface area contributed by atoms with Crippen molar-refractivity contribution in [3.63, 3.8) is 0 Å². The second-order valence-electron chi connectivity index (χ2n) is 9.65. The van der Waals surface area contributed by atoms with Crippen LogP contribution >= 0.6 is 0 Å². The molecule has 35 heavy (non-hydrogen) atoms. The Morgan fingerprint density at radius 2 is 1.80 bits per heavy atom. The average molecular weight is 495 g/mol. The summed E-state index contributed by atoms with van der Waals surface area (Å²) in [4.78, 5) is 22.3. The SMILES string of the molecule is O=CC1CC(O)C(CCCCCCC(=O)O)C1CCC(O)c1ccc2cccc(C(F)(F)F)c2c1. The van der Waals surface area contributed by atoms with Crippen LogP contribution in [0.15, 0.2) is 36.4 Å². The largest absolute Gasteiger partial charge is 0.481 e. The number of aliphatic carboxylic acids is 1. The first-order chi connectivity index (χ1) is 16.6. The summed E-state index contributed by atoms with van der Waals surface area (Å²) in [6.07, 6.45) is -0.201. The zero-order valence-electron chi connectivity index (χ0n) is 19.6. The van der Waals surface area contributed by atoms with Crippen molar-refractivity contribution in [2.75, 3.05) is 0 Å². The number of carboxylic acids is 1. The van der Waals surface area contributed by atoms with Gasteiger partial charge in [0, 0.05) is 12.3 Å². The summed E-state index contributed by atoms with van der Waals surface area (Å²) in [5.74, 6) is -1.33. The monoisotopic (exact) mass is 494 g/mol. The van der Waals surface area contributed by atoms with E-state index in [4.69, 9.17) is 5.11 Å². The van der Waals surface area contributed by atoms with Crippen LogP contribution in [0.1, 0.15) is 75.0 Å². The van der Waals surface area contributed by atoms with E-state index in [0.717, 1.165) is 31.6 Å². The van der Waals surface area contributed by atoms with Gasteiger partial charge in [0.15, 0.2) is 0 Å². The number of hydrogen-bond acceptors (Lipinski definition) is 4. The topological polar surface area (TPSA) is 94.8 Å². The van der Waals surface area contributed by atoms with Crippen molar-refractivity contribution in [2.24, 2.45) is 17.8 Å². The molecule has 0 aromatic heterocycles. The lowest BCUT2D eigenvalue weighted by molar-refractivity contribution is -0.137. The van der Waals surface area contributed by atoms with Crippen LogP contribution in [-0.4, -0.2) is 33.7 Å². The number of halogens is 3. The maximum absolute atomic E-state index is 13.4. The third-order valence-electron chi connectivity index (χ3n) is 7.33. The summed E-state index contributed by atoms with van der Waals surface area (Å²) in [6.45, 7) is 0. The van der Waals surface area contributed by atoms with Gasteiger partial charge in [-0.1, -0.05) is 43.5 Å². The van der Waals surface area contributed by atoms with Crippen molar-refractivity contribution < 1.29 is 38.1 Å². The van der Waals surface area contributed by atoms with Crippen molar-refractivity contribution >= 4 is 23.0 Å². The Labute approximate surface area is 203 Å². The summed E-state index contributed by atoms with van der Waals surface area (Å²) < 4.78 is 40.3. The smallest absolute Gasteiger partial charge is 0.417 e. The molecule has 1 aliphatic carbocycles. The number of rotatable bonds is 12. The number of aliphatic hydroxyl groups excluding tert-OH is 2. The Hall–Kier alpha value is -2.45. The zero-order chi connectivity index (χ0) is 25.6. The fourth-order valence-corrected chi connectivity index (χ4v) is 5.49. The summed E-state index contributed by atoms with van der Waals surface area (Å²) in [5, 5.41) is 30.5. The van der Waals surface area contributed by atoms with E-state index in [0.29, 0.717) is 36.6 Å². The van der Waals surface area contributed by atoms with Crippen LogP contribution in [0.4, 0.5) is 13.2 Å². The lowest BCUT2D eigenvalue weighted by Gasteiger charge is -2.25. The van der Waals surface area contributed by atoms with Crippen molar-refractivity contribution in [2.45, 2.75) is 76.2 Å². The van der Waals surface area contributed by atoms with Gasteiger partial charge in [0.25, 0.3) is 0 Å². The average Bonchev–Trinajstić information content (AvgIpc) is 3.12. The van der Waals surface area contributed by atoms with E-state index in [2.05, 4.69) is 0 Å². The Morgan fingerprint density at radius 1 is 1.06 bits per heavy atom. The van der Waals surface area contributed by atoms with Crippen LogP contribution in [0, 0.1) is 17.8 Å². The highest BCUT2D eigenvalue weighted by molar-refractivity contribution is 5.87. The molecule has 5 unspecified atom stereocenters. The van der Waals surface area contributed by atoms with E-state index in [-0.39, 0.29) is 36.0 Å². The molecule has 1 saturated carbocycles. The summed E-state index contributed by atoms with van der Waals surface area (Å²) >= 11 is 0. The minimum atomic E-state index is -4.50. The van der Waals surface area contributed by atoms with Crippen LogP contribution in [0.2, 0.25) is 0 Å². The van der Waals surface area contributed by atoms with E-state index in [1.54, 1.807) is 18.2 Å². The molecule has 0 spiro atoms. The number of aliphatic hydroxyl groups is 2. The first-order valence-corrected chi connectivity index (χ1v) is 12.2. The van der Waals surface area contributed by atoms with E-state index in [9.17, 15) is 33.0 Å². The summed E-state index contributed by atoms with van der Waals surface area (Å²) in [7, 11) is 0. The molecular weight excluding hydrogens is 461 g/mol. The van der Waals surface area contributed by atoms with Crippen LogP contribution < -0.4 is 0 Å². The van der Waals surface area contributed by atoms with E-state index in [1.165, 1.54) is 12.1 Å². The minimum absolute atomic E-state index is 0.0411. The molecule has 0 aliphatic heterocycles. The third kappa shape index (κ3) is 7.04. The number of aldehydes is 1. The Bertz CT molecular complexity index is 1010. The first kappa shape index (κ1) is 27.1. The first-order valence-electron chi connectivity index (χ1n) is 12.2. The van der Waals surface area contributed by atoms with Gasteiger partial charge in [0.2, 0.25) is 0 Å². The lowest BCUT2D eigenvalue weighted by atomic mass is 9.81. The molecule has 5 nitrogen and oxygen atoms in total. The molecule has 2 aromatic carbocycles. The van der Waals surface area contributed by atoms with Crippen molar-refractivity contribution in [3.8, 4) is 0 Å². The number of benzene rings is 2. The molecule has 0 amide bonds. The van der Waals surface area contributed by atoms with Crippen molar-refractivity contribution in [3.05, 3.63) is 47.5 Å². The second kappa shape index (κ2) is 12.0. The zero-order valence-corrected chi connectivity index (χ0v) is 19.6. The van der Waals surface area contributed by atoms with Crippen LogP contribution in [0.3, 0.4) is 0 Å². The molecule has 1 aliphatic rings. The molecule has 0 radical (unpaired) electrons. The highest BCUT2D eigenvalue weighted by atomic mass is 19.4. The Kier molecular flexibility index (Phi) is 9.30. The standard InChI is InChI=1S/C27H33F3O5/c28-27(29,30)23-8-5-6-17-10-11-18(14-22(17)23)24(32)13-12-20-19(16-31)15-25(33)21(20)7-3-1-2-4-9-26(34)35/h5-6,8,10-11,14,16,19-21,24-25,32-33H,1-4,7,9,12-13,15H2,(H,34,35). The molecule has 8 heteroatoms. The predicted octanol–water partition coefficient (Wildman–Crippen LogP) is 5.91. The maximum Gasteiger partial charge on any atom is 0.417 e. The second-order valence-corrected chi connectivity index (χ2v) is 9.65. The van der Waals surface area contributed by atoms with Crippen LogP contribution in [0.25, 0.3) is 10.8 Å². The highest BCUT2D eigenvalue weighted by Gasteiger charge is 2.41. The number of unbranched alkanes of at least 4 members (excludes halogenated alkanes) is 3. The van der Waals surface area contributed by atoms with Crippen LogP contribution in [0.5, 0.6) is 0 Å². The van der Waals surface area contributed by atoms with Gasteiger partial charge in [-0.15, -0.1) is 0 Å². The number of carbonyl (C=O) groups excluding carboxylic acids is 1. The van der Waals surface area contributed by atoms with Gasteiger partial charge in [-0.3, -0.25) is 4.79 Å². The fraction of sp³-hybridized carbons (Fsp3) is 0.556. The van der Waals surface area contributed by atoms with Crippen molar-refractivity contribution in [1.29, 1.82) is 0 Å². The van der Waals surface area contributed by atoms with Gasteiger partial charge < -0.3 is 20.1 Å². The normalized spacial score (nSPS) is 23.5. The number of alkyl halides is 3. The molecule has 3 N–H and O–H groups in total. The molecular formula is C27H33F3O5. The van der Waals surface area contributed by atoms with Crippen molar-refractivity contribution in [1.82, 2.24) is 0 Å². The molecule has 0 bridgehead atoms. The Morgan fingerprint density at radius 3 is 2.49 bits per heavy atom. The molecule has 192 valence electrons. The minimum Gasteiger partial charge on any atom is -0.481 e. The van der Waals surface area contributed by atoms with E-state index in [1.807, 2.05) is 0 Å². The van der Waals surface area contributed by atoms with Gasteiger partial charge in [-0.05, 0) is 72.4 Å². The molecule has 5 atom stereocenters. The number of carbonyl (C=O) groups is 2. The van der Waals surface area contributed by atoms with Crippen LogP contribution in [-0.2, 0) is 15.8 Å². The molecule has 3 rings (SSSR count). The predicted molar refractivity (Wildman–Crippen MR) is 126 cm³/mol. The molecule has 0 saturated heterocycles. The maximum atomic E-state index is 13.4. The molecule has 0 heterocycles.